The molecule has 2 saturated heterocycles. The van der Waals surface area contributed by atoms with Crippen molar-refractivity contribution in [2.75, 3.05) is 46.8 Å². The highest BCUT2D eigenvalue weighted by atomic mass is 16.2. The summed E-state index contributed by atoms with van der Waals surface area (Å²) in [5, 5.41) is 0. The Balaban J connectivity index is 1.60. The van der Waals surface area contributed by atoms with E-state index in [0.717, 1.165) is 57.6 Å². The number of likely N-dealkylation sites (tertiary alicyclic amines) is 2. The first-order chi connectivity index (χ1) is 12.5. The van der Waals surface area contributed by atoms with Gasteiger partial charge in [0.05, 0.1) is 6.54 Å². The van der Waals surface area contributed by atoms with E-state index in [0.29, 0.717) is 13.0 Å². The van der Waals surface area contributed by atoms with Gasteiger partial charge in [-0.15, -0.1) is 0 Å². The molecule has 2 fully saturated rings. The van der Waals surface area contributed by atoms with Crippen molar-refractivity contribution in [3.8, 4) is 0 Å². The van der Waals surface area contributed by atoms with Gasteiger partial charge in [0.2, 0.25) is 11.8 Å². The fraction of sp³-hybridized carbons (Fsp3) is 0.650. The highest BCUT2D eigenvalue weighted by Gasteiger charge is 2.41. The Hall–Kier alpha value is -1.95. The van der Waals surface area contributed by atoms with Gasteiger partial charge in [0.1, 0.15) is 0 Å². The molecule has 1 atom stereocenters. The predicted molar refractivity (Wildman–Crippen MR) is 101 cm³/mol. The highest BCUT2D eigenvalue weighted by Crippen LogP contribution is 2.38. The van der Waals surface area contributed by atoms with E-state index < -0.39 is 0 Å². The molecule has 0 bridgehead atoms. The summed E-state index contributed by atoms with van der Waals surface area (Å²) in [6.45, 7) is 3.92. The van der Waals surface area contributed by atoms with Gasteiger partial charge < -0.3 is 9.80 Å². The Kier molecular flexibility index (Phi) is 5.91. The summed E-state index contributed by atoms with van der Waals surface area (Å²) in [6, 6.07) is 5.91. The number of hydrogen-bond acceptors (Lipinski definition) is 4. The molecule has 0 aromatic carbocycles. The number of carbonyl (C=O) groups excluding carboxylic acids is 2. The maximum absolute atomic E-state index is 12.4. The normalized spacial score (nSPS) is 24.1. The van der Waals surface area contributed by atoms with Crippen molar-refractivity contribution in [3.05, 3.63) is 30.1 Å². The predicted octanol–water partition coefficient (Wildman–Crippen LogP) is 1.42. The summed E-state index contributed by atoms with van der Waals surface area (Å²) >= 11 is 0. The first-order valence-electron chi connectivity index (χ1n) is 9.58. The molecule has 2 aliphatic rings. The third-order valence-electron chi connectivity index (χ3n) is 5.71. The van der Waals surface area contributed by atoms with E-state index >= 15 is 0 Å². The smallest absolute Gasteiger partial charge is 0.236 e. The average molecular weight is 358 g/mol. The lowest BCUT2D eigenvalue weighted by atomic mass is 9.73. The first-order valence-corrected chi connectivity index (χ1v) is 9.58. The van der Waals surface area contributed by atoms with Crippen molar-refractivity contribution in [1.82, 2.24) is 19.7 Å². The van der Waals surface area contributed by atoms with E-state index in [2.05, 4.69) is 9.88 Å². The van der Waals surface area contributed by atoms with Gasteiger partial charge in [0, 0.05) is 63.9 Å². The highest BCUT2D eigenvalue weighted by molar-refractivity contribution is 5.78. The maximum Gasteiger partial charge on any atom is 0.236 e. The van der Waals surface area contributed by atoms with Crippen LogP contribution >= 0.6 is 0 Å². The van der Waals surface area contributed by atoms with Crippen molar-refractivity contribution in [2.45, 2.75) is 32.1 Å². The molecule has 6 heteroatoms. The molecule has 1 aromatic rings. The molecule has 1 aromatic heterocycles. The van der Waals surface area contributed by atoms with Crippen LogP contribution in [0.2, 0.25) is 0 Å². The third-order valence-corrected chi connectivity index (χ3v) is 5.71. The van der Waals surface area contributed by atoms with Crippen molar-refractivity contribution in [2.24, 2.45) is 5.41 Å². The molecular weight excluding hydrogens is 328 g/mol. The van der Waals surface area contributed by atoms with Crippen LogP contribution < -0.4 is 0 Å². The lowest BCUT2D eigenvalue weighted by Crippen LogP contribution is -2.55. The quantitative estimate of drug-likeness (QED) is 0.799. The molecule has 3 heterocycles. The Labute approximate surface area is 156 Å². The lowest BCUT2D eigenvalue weighted by Gasteiger charge is -2.48. The Morgan fingerprint density at radius 3 is 2.85 bits per heavy atom. The summed E-state index contributed by atoms with van der Waals surface area (Å²) in [7, 11) is 3.61. The van der Waals surface area contributed by atoms with Crippen LogP contribution in [-0.4, -0.2) is 78.3 Å². The standard InChI is InChI=1S/C20H30N4O2/c1-22(2)19(26)14-23-12-5-9-20(15-23)10-7-18(25)24(16-20)13-8-17-6-3-4-11-21-17/h3-4,6,11H,5,7-10,12-16H2,1-2H3/t20-/m1/s1. The van der Waals surface area contributed by atoms with Crippen LogP contribution in [0.3, 0.4) is 0 Å². The molecule has 2 amide bonds. The van der Waals surface area contributed by atoms with Crippen LogP contribution in [-0.2, 0) is 16.0 Å². The van der Waals surface area contributed by atoms with Gasteiger partial charge in [-0.25, -0.2) is 0 Å². The third kappa shape index (κ3) is 4.61. The molecule has 142 valence electrons. The summed E-state index contributed by atoms with van der Waals surface area (Å²) in [6.07, 6.45) is 6.41. The number of pyridine rings is 1. The molecule has 26 heavy (non-hydrogen) atoms. The second-order valence-corrected chi connectivity index (χ2v) is 7.99. The van der Waals surface area contributed by atoms with Crippen molar-refractivity contribution >= 4 is 11.8 Å². The zero-order valence-corrected chi connectivity index (χ0v) is 16.0. The van der Waals surface area contributed by atoms with Crippen LogP contribution in [0.25, 0.3) is 0 Å². The van der Waals surface area contributed by atoms with Gasteiger partial charge in [-0.05, 0) is 37.9 Å². The monoisotopic (exact) mass is 358 g/mol. The lowest BCUT2D eigenvalue weighted by molar-refractivity contribution is -0.140. The van der Waals surface area contributed by atoms with Crippen molar-refractivity contribution in [3.63, 3.8) is 0 Å². The summed E-state index contributed by atoms with van der Waals surface area (Å²) in [5.74, 6) is 0.411. The van der Waals surface area contributed by atoms with Crippen molar-refractivity contribution in [1.29, 1.82) is 0 Å². The van der Waals surface area contributed by atoms with Crippen LogP contribution in [0.5, 0.6) is 0 Å². The largest absolute Gasteiger partial charge is 0.348 e. The molecule has 2 aliphatic heterocycles. The number of carbonyl (C=O) groups is 2. The number of amides is 2. The molecule has 0 saturated carbocycles. The van der Waals surface area contributed by atoms with Gasteiger partial charge in [0.25, 0.3) is 0 Å². The molecule has 1 spiro atoms. The zero-order valence-electron chi connectivity index (χ0n) is 16.0. The molecular formula is C20H30N4O2. The zero-order chi connectivity index (χ0) is 18.6. The molecule has 3 rings (SSSR count). The number of rotatable bonds is 5. The fourth-order valence-electron chi connectivity index (χ4n) is 4.21. The SMILES string of the molecule is CN(C)C(=O)CN1CCC[C@@]2(CCC(=O)N(CCc3ccccn3)C2)C1. The fourth-order valence-corrected chi connectivity index (χ4v) is 4.21. The molecule has 6 nitrogen and oxygen atoms in total. The minimum absolute atomic E-state index is 0.142. The minimum Gasteiger partial charge on any atom is -0.348 e. The van der Waals surface area contributed by atoms with Gasteiger partial charge in [-0.1, -0.05) is 6.07 Å². The molecule has 0 N–H and O–H groups in total. The van der Waals surface area contributed by atoms with Gasteiger partial charge in [0.15, 0.2) is 0 Å². The summed E-state index contributed by atoms with van der Waals surface area (Å²) in [5.41, 5.74) is 1.17. The topological polar surface area (TPSA) is 56.8 Å². The van der Waals surface area contributed by atoms with Crippen LogP contribution in [0.4, 0.5) is 0 Å². The maximum atomic E-state index is 12.4. The molecule has 0 aliphatic carbocycles. The number of aromatic nitrogens is 1. The van der Waals surface area contributed by atoms with Crippen LogP contribution in [0, 0.1) is 5.41 Å². The minimum atomic E-state index is 0.142. The first kappa shape index (κ1) is 18.8. The van der Waals surface area contributed by atoms with Crippen LogP contribution in [0.15, 0.2) is 24.4 Å². The number of likely N-dealkylation sites (N-methyl/N-ethyl adjacent to an activating group) is 1. The second kappa shape index (κ2) is 8.16. The van der Waals surface area contributed by atoms with Crippen molar-refractivity contribution < 1.29 is 9.59 Å². The van der Waals surface area contributed by atoms with Crippen LogP contribution in [0.1, 0.15) is 31.4 Å². The number of piperidine rings is 2. The van der Waals surface area contributed by atoms with E-state index in [1.807, 2.05) is 23.1 Å². The molecule has 0 radical (unpaired) electrons. The van der Waals surface area contributed by atoms with Gasteiger partial charge in [-0.3, -0.25) is 19.5 Å². The Bertz CT molecular complexity index is 634. The van der Waals surface area contributed by atoms with E-state index in [9.17, 15) is 9.59 Å². The Morgan fingerprint density at radius 2 is 2.12 bits per heavy atom. The van der Waals surface area contributed by atoms with Gasteiger partial charge >= 0.3 is 0 Å². The Morgan fingerprint density at radius 1 is 1.27 bits per heavy atom. The molecule has 0 unspecified atom stereocenters. The van der Waals surface area contributed by atoms with E-state index in [-0.39, 0.29) is 17.2 Å². The second-order valence-electron chi connectivity index (χ2n) is 7.99. The number of hydrogen-bond donors (Lipinski definition) is 0. The number of nitrogens with zero attached hydrogens (tertiary/aromatic N) is 4. The van der Waals surface area contributed by atoms with E-state index in [1.165, 1.54) is 0 Å². The van der Waals surface area contributed by atoms with E-state index in [4.69, 9.17) is 0 Å². The van der Waals surface area contributed by atoms with Gasteiger partial charge in [-0.2, -0.15) is 0 Å². The summed E-state index contributed by atoms with van der Waals surface area (Å²) in [4.78, 5) is 34.8. The average Bonchev–Trinajstić information content (AvgIpc) is 2.64. The summed E-state index contributed by atoms with van der Waals surface area (Å²) < 4.78 is 0. The van der Waals surface area contributed by atoms with E-state index in [1.54, 1.807) is 25.2 Å².